The van der Waals surface area contributed by atoms with Crippen molar-refractivity contribution >= 4 is 15.7 Å². The van der Waals surface area contributed by atoms with Gasteiger partial charge in [0, 0.05) is 24.4 Å². The molecule has 2 aromatic rings. The van der Waals surface area contributed by atoms with Crippen LogP contribution in [0.15, 0.2) is 40.8 Å². The van der Waals surface area contributed by atoms with Gasteiger partial charge in [-0.25, -0.2) is 8.42 Å². The number of benzene rings is 1. The second kappa shape index (κ2) is 7.31. The van der Waals surface area contributed by atoms with Crippen molar-refractivity contribution in [2.75, 3.05) is 18.6 Å². The minimum absolute atomic E-state index is 0.0428. The molecule has 2 heterocycles. The molecule has 1 aromatic heterocycles. The molecule has 25 heavy (non-hydrogen) atoms. The monoisotopic (exact) mass is 363 g/mol. The zero-order chi connectivity index (χ0) is 17.9. The number of amides is 1. The molecule has 3 rings (SSSR count). The minimum Gasteiger partial charge on any atom is -0.497 e. The average molecular weight is 363 g/mol. The number of carbonyl (C=O) groups is 1. The molecular weight excluding hydrogens is 342 g/mol. The summed E-state index contributed by atoms with van der Waals surface area (Å²) in [6.07, 6.45) is 1.24. The zero-order valence-electron chi connectivity index (χ0n) is 14.0. The fraction of sp³-hybridized carbons (Fsp3) is 0.389. The molecule has 1 atom stereocenters. The summed E-state index contributed by atoms with van der Waals surface area (Å²) in [6.45, 7) is 0. The summed E-state index contributed by atoms with van der Waals surface area (Å²) in [4.78, 5) is 12.0. The molecule has 0 saturated carbocycles. The van der Waals surface area contributed by atoms with Crippen molar-refractivity contribution in [1.29, 1.82) is 0 Å². The summed E-state index contributed by atoms with van der Waals surface area (Å²) in [5.74, 6) is 2.29. The van der Waals surface area contributed by atoms with Crippen molar-refractivity contribution in [2.24, 2.45) is 0 Å². The topological polar surface area (TPSA) is 85.6 Å². The van der Waals surface area contributed by atoms with Gasteiger partial charge >= 0.3 is 0 Å². The largest absolute Gasteiger partial charge is 0.497 e. The highest BCUT2D eigenvalue weighted by atomic mass is 32.2. The lowest BCUT2D eigenvalue weighted by molar-refractivity contribution is -0.121. The summed E-state index contributed by atoms with van der Waals surface area (Å²) in [7, 11) is -1.37. The van der Waals surface area contributed by atoms with Gasteiger partial charge in [0.05, 0.1) is 18.6 Å². The third-order valence-corrected chi connectivity index (χ3v) is 6.00. The molecule has 0 radical (unpaired) electrons. The van der Waals surface area contributed by atoms with Crippen molar-refractivity contribution in [1.82, 2.24) is 5.32 Å². The Balaban J connectivity index is 1.52. The number of aryl methyl sites for hydroxylation is 1. The normalized spacial score (nSPS) is 18.8. The van der Waals surface area contributed by atoms with E-state index in [0.717, 1.165) is 22.8 Å². The van der Waals surface area contributed by atoms with E-state index in [1.165, 1.54) is 0 Å². The Morgan fingerprint density at radius 3 is 2.64 bits per heavy atom. The van der Waals surface area contributed by atoms with Gasteiger partial charge in [0.1, 0.15) is 17.3 Å². The number of rotatable bonds is 6. The van der Waals surface area contributed by atoms with Gasteiger partial charge < -0.3 is 14.5 Å². The molecule has 1 aliphatic heterocycles. The van der Waals surface area contributed by atoms with Crippen LogP contribution in [0, 0.1) is 0 Å². The van der Waals surface area contributed by atoms with E-state index in [-0.39, 0.29) is 29.9 Å². The minimum atomic E-state index is -2.98. The summed E-state index contributed by atoms with van der Waals surface area (Å²) >= 11 is 0. The van der Waals surface area contributed by atoms with Crippen molar-refractivity contribution in [3.8, 4) is 17.1 Å². The Labute approximate surface area is 147 Å². The standard InChI is InChI=1S/C18H21NO5S/c1-23-15-4-2-13(3-5-15)17-8-6-16(24-17)7-9-18(20)19-14-10-11-25(21,22)12-14/h2-6,8,14H,7,9-12H2,1H3,(H,19,20). The number of carbonyl (C=O) groups excluding carboxylic acids is 1. The van der Waals surface area contributed by atoms with Gasteiger partial charge in [-0.05, 0) is 42.8 Å². The maximum Gasteiger partial charge on any atom is 0.220 e. The van der Waals surface area contributed by atoms with Gasteiger partial charge in [-0.2, -0.15) is 0 Å². The highest BCUT2D eigenvalue weighted by Crippen LogP contribution is 2.25. The van der Waals surface area contributed by atoms with Crippen LogP contribution in [0.3, 0.4) is 0 Å². The first-order valence-electron chi connectivity index (χ1n) is 8.18. The lowest BCUT2D eigenvalue weighted by Gasteiger charge is -2.10. The fourth-order valence-corrected chi connectivity index (χ4v) is 4.54. The van der Waals surface area contributed by atoms with Gasteiger partial charge in [0.15, 0.2) is 9.84 Å². The number of sulfone groups is 1. The summed E-state index contributed by atoms with van der Waals surface area (Å²) < 4.78 is 33.7. The van der Waals surface area contributed by atoms with Crippen LogP contribution in [-0.2, 0) is 21.1 Å². The van der Waals surface area contributed by atoms with Gasteiger partial charge in [0.2, 0.25) is 5.91 Å². The summed E-state index contributed by atoms with van der Waals surface area (Å²) in [5.41, 5.74) is 0.938. The van der Waals surface area contributed by atoms with Crippen LogP contribution in [0.5, 0.6) is 5.75 Å². The van der Waals surface area contributed by atoms with Crippen LogP contribution in [0.25, 0.3) is 11.3 Å². The SMILES string of the molecule is COc1ccc(-c2ccc(CCC(=O)NC3CCS(=O)(=O)C3)o2)cc1. The molecule has 134 valence electrons. The van der Waals surface area contributed by atoms with Crippen LogP contribution < -0.4 is 10.1 Å². The van der Waals surface area contributed by atoms with E-state index in [1.807, 2.05) is 36.4 Å². The lowest BCUT2D eigenvalue weighted by atomic mass is 10.2. The number of methoxy groups -OCH3 is 1. The first-order valence-corrected chi connectivity index (χ1v) is 10.0. The maximum atomic E-state index is 12.0. The maximum absolute atomic E-state index is 12.0. The fourth-order valence-electron chi connectivity index (χ4n) is 2.87. The second-order valence-corrected chi connectivity index (χ2v) is 8.39. The molecule has 0 spiro atoms. The van der Waals surface area contributed by atoms with Crippen molar-refractivity contribution in [2.45, 2.75) is 25.3 Å². The molecule has 1 amide bonds. The zero-order valence-corrected chi connectivity index (χ0v) is 14.8. The molecule has 1 N–H and O–H groups in total. The number of nitrogens with one attached hydrogen (secondary N) is 1. The molecule has 0 aliphatic carbocycles. The molecule has 7 heteroatoms. The predicted molar refractivity (Wildman–Crippen MR) is 94.2 cm³/mol. The Kier molecular flexibility index (Phi) is 5.13. The van der Waals surface area contributed by atoms with E-state index in [1.54, 1.807) is 7.11 Å². The molecule has 6 nitrogen and oxygen atoms in total. The Hall–Kier alpha value is -2.28. The second-order valence-electron chi connectivity index (χ2n) is 6.16. The van der Waals surface area contributed by atoms with E-state index < -0.39 is 9.84 Å². The Bertz CT molecular complexity index is 839. The third kappa shape index (κ3) is 4.63. The highest BCUT2D eigenvalue weighted by Gasteiger charge is 2.28. The van der Waals surface area contributed by atoms with E-state index in [4.69, 9.17) is 9.15 Å². The molecule has 0 bridgehead atoms. The molecule has 1 unspecified atom stereocenters. The predicted octanol–water partition coefficient (Wildman–Crippen LogP) is 2.19. The summed E-state index contributed by atoms with van der Waals surface area (Å²) in [6, 6.07) is 11.0. The number of furan rings is 1. The van der Waals surface area contributed by atoms with Crippen molar-refractivity contribution in [3.05, 3.63) is 42.2 Å². The van der Waals surface area contributed by atoms with Crippen molar-refractivity contribution in [3.63, 3.8) is 0 Å². The first-order chi connectivity index (χ1) is 11.9. The van der Waals surface area contributed by atoms with Gasteiger partial charge in [0.25, 0.3) is 0 Å². The number of ether oxygens (including phenoxy) is 1. The highest BCUT2D eigenvalue weighted by molar-refractivity contribution is 7.91. The molecule has 1 aromatic carbocycles. The number of hydrogen-bond acceptors (Lipinski definition) is 5. The van der Waals surface area contributed by atoms with Gasteiger partial charge in [-0.15, -0.1) is 0 Å². The average Bonchev–Trinajstić information content (AvgIpc) is 3.19. The first kappa shape index (κ1) is 17.5. The van der Waals surface area contributed by atoms with Gasteiger partial charge in [-0.1, -0.05) is 0 Å². The Morgan fingerprint density at radius 2 is 2.00 bits per heavy atom. The lowest BCUT2D eigenvalue weighted by Crippen LogP contribution is -2.35. The summed E-state index contributed by atoms with van der Waals surface area (Å²) in [5, 5.41) is 2.78. The van der Waals surface area contributed by atoms with Crippen LogP contribution in [0.4, 0.5) is 0 Å². The third-order valence-electron chi connectivity index (χ3n) is 4.23. The Morgan fingerprint density at radius 1 is 1.24 bits per heavy atom. The number of hydrogen-bond donors (Lipinski definition) is 1. The van der Waals surface area contributed by atoms with Crippen LogP contribution in [-0.4, -0.2) is 39.0 Å². The van der Waals surface area contributed by atoms with E-state index in [0.29, 0.717) is 12.8 Å². The van der Waals surface area contributed by atoms with Crippen LogP contribution in [0.2, 0.25) is 0 Å². The van der Waals surface area contributed by atoms with Gasteiger partial charge in [-0.3, -0.25) is 4.79 Å². The molecule has 1 saturated heterocycles. The van der Waals surface area contributed by atoms with E-state index in [9.17, 15) is 13.2 Å². The van der Waals surface area contributed by atoms with Crippen LogP contribution in [0.1, 0.15) is 18.6 Å². The molecular formula is C18H21NO5S. The van der Waals surface area contributed by atoms with E-state index in [2.05, 4.69) is 5.32 Å². The smallest absolute Gasteiger partial charge is 0.220 e. The van der Waals surface area contributed by atoms with Crippen LogP contribution >= 0.6 is 0 Å². The molecule has 1 fully saturated rings. The van der Waals surface area contributed by atoms with Crippen molar-refractivity contribution < 1.29 is 22.4 Å². The quantitative estimate of drug-likeness (QED) is 0.850. The van der Waals surface area contributed by atoms with E-state index >= 15 is 0 Å². The molecule has 1 aliphatic rings.